The third-order valence-corrected chi connectivity index (χ3v) is 4.18. The van der Waals surface area contributed by atoms with Crippen molar-refractivity contribution in [2.75, 3.05) is 6.61 Å². The maximum atomic E-state index is 10.7. The first-order valence-electron chi connectivity index (χ1n) is 9.34. The molecule has 27 heavy (non-hydrogen) atoms. The molecule has 0 bridgehead atoms. The molecule has 2 aromatic carbocycles. The van der Waals surface area contributed by atoms with E-state index in [0.717, 1.165) is 12.8 Å². The molecule has 0 aliphatic heterocycles. The van der Waals surface area contributed by atoms with Crippen molar-refractivity contribution >= 4 is 17.6 Å². The van der Waals surface area contributed by atoms with Crippen LogP contribution in [0.15, 0.2) is 47.5 Å². The fraction of sp³-hybridized carbons (Fsp3) is 0.381. The zero-order valence-corrected chi connectivity index (χ0v) is 15.6. The number of phenolic OH excluding ortho intramolecular Hbond substituents is 1. The lowest BCUT2D eigenvalue weighted by atomic mass is 10.1. The molecule has 6 nitrogen and oxygen atoms in total. The van der Waals surface area contributed by atoms with Crippen molar-refractivity contribution in [2.24, 2.45) is 4.99 Å². The van der Waals surface area contributed by atoms with E-state index >= 15 is 0 Å². The Hall–Kier alpha value is -2.89. The van der Waals surface area contributed by atoms with E-state index in [0.29, 0.717) is 23.6 Å². The molecule has 0 amide bonds. The zero-order valence-electron chi connectivity index (χ0n) is 15.6. The van der Waals surface area contributed by atoms with Gasteiger partial charge in [-0.2, -0.15) is 0 Å². The van der Waals surface area contributed by atoms with E-state index in [4.69, 9.17) is 4.74 Å². The third kappa shape index (κ3) is 7.09. The zero-order chi connectivity index (χ0) is 19.5. The van der Waals surface area contributed by atoms with Crippen LogP contribution in [0.4, 0.5) is 11.4 Å². The van der Waals surface area contributed by atoms with Crippen molar-refractivity contribution in [1.29, 1.82) is 0 Å². The van der Waals surface area contributed by atoms with Gasteiger partial charge in [-0.1, -0.05) is 39.0 Å². The average molecular weight is 370 g/mol. The van der Waals surface area contributed by atoms with E-state index in [1.807, 2.05) is 0 Å². The molecule has 0 aliphatic rings. The highest BCUT2D eigenvalue weighted by atomic mass is 16.6. The van der Waals surface area contributed by atoms with Crippen LogP contribution < -0.4 is 4.74 Å². The van der Waals surface area contributed by atoms with E-state index in [9.17, 15) is 15.2 Å². The number of nitro benzene ring substituents is 1. The third-order valence-electron chi connectivity index (χ3n) is 4.18. The smallest absolute Gasteiger partial charge is 0.269 e. The topological polar surface area (TPSA) is 85.0 Å². The van der Waals surface area contributed by atoms with Crippen molar-refractivity contribution in [3.05, 3.63) is 58.1 Å². The number of hydrogen-bond acceptors (Lipinski definition) is 5. The van der Waals surface area contributed by atoms with Crippen LogP contribution in [0, 0.1) is 10.1 Å². The van der Waals surface area contributed by atoms with Gasteiger partial charge in [-0.25, -0.2) is 0 Å². The highest BCUT2D eigenvalue weighted by molar-refractivity contribution is 5.86. The summed E-state index contributed by atoms with van der Waals surface area (Å²) in [5, 5.41) is 20.7. The summed E-state index contributed by atoms with van der Waals surface area (Å²) in [6.07, 6.45) is 8.74. The minimum Gasteiger partial charge on any atom is -0.507 e. The quantitative estimate of drug-likeness (QED) is 0.235. The summed E-state index contributed by atoms with van der Waals surface area (Å²) in [7, 11) is 0. The van der Waals surface area contributed by atoms with Crippen LogP contribution in [-0.2, 0) is 0 Å². The van der Waals surface area contributed by atoms with Crippen molar-refractivity contribution < 1.29 is 14.8 Å². The maximum Gasteiger partial charge on any atom is 0.269 e. The minimum atomic E-state index is -0.454. The number of nitro groups is 1. The monoisotopic (exact) mass is 370 g/mol. The summed E-state index contributed by atoms with van der Waals surface area (Å²) < 4.78 is 5.75. The molecule has 2 rings (SSSR count). The van der Waals surface area contributed by atoms with Crippen LogP contribution in [0.2, 0.25) is 0 Å². The Morgan fingerprint density at radius 2 is 1.78 bits per heavy atom. The van der Waals surface area contributed by atoms with Crippen molar-refractivity contribution in [1.82, 2.24) is 0 Å². The van der Waals surface area contributed by atoms with E-state index in [2.05, 4.69) is 11.9 Å². The fourth-order valence-electron chi connectivity index (χ4n) is 2.60. The number of rotatable bonds is 11. The number of hydrogen-bond donors (Lipinski definition) is 1. The molecule has 0 atom stereocenters. The molecule has 6 heteroatoms. The van der Waals surface area contributed by atoms with Gasteiger partial charge >= 0.3 is 0 Å². The van der Waals surface area contributed by atoms with Crippen molar-refractivity contribution in [3.63, 3.8) is 0 Å². The van der Waals surface area contributed by atoms with Gasteiger partial charge in [0.25, 0.3) is 5.69 Å². The summed E-state index contributed by atoms with van der Waals surface area (Å²) in [5.74, 6) is 0.791. The summed E-state index contributed by atoms with van der Waals surface area (Å²) in [6.45, 7) is 2.85. The largest absolute Gasteiger partial charge is 0.507 e. The predicted octanol–water partition coefficient (Wildman–Crippen LogP) is 5.79. The number of unbranched alkanes of at least 4 members (excludes halogenated alkanes) is 5. The molecule has 0 radical (unpaired) electrons. The molecule has 0 saturated heterocycles. The summed E-state index contributed by atoms with van der Waals surface area (Å²) in [4.78, 5) is 14.5. The second kappa shape index (κ2) is 11.0. The Bertz CT molecular complexity index is 757. The van der Waals surface area contributed by atoms with Crippen LogP contribution in [0.25, 0.3) is 0 Å². The Morgan fingerprint density at radius 1 is 1.07 bits per heavy atom. The minimum absolute atomic E-state index is 0.0156. The van der Waals surface area contributed by atoms with Gasteiger partial charge in [-0.15, -0.1) is 0 Å². The highest BCUT2D eigenvalue weighted by Crippen LogP contribution is 2.23. The average Bonchev–Trinajstić information content (AvgIpc) is 2.67. The normalized spacial score (nSPS) is 11.0. The number of non-ortho nitro benzene ring substituents is 1. The lowest BCUT2D eigenvalue weighted by Gasteiger charge is -2.08. The molecule has 2 aromatic rings. The molecule has 0 aromatic heterocycles. The molecular weight excluding hydrogens is 344 g/mol. The number of benzene rings is 2. The van der Waals surface area contributed by atoms with E-state index < -0.39 is 4.92 Å². The molecule has 0 saturated carbocycles. The van der Waals surface area contributed by atoms with Crippen LogP contribution >= 0.6 is 0 Å². The van der Waals surface area contributed by atoms with Gasteiger partial charge in [-0.05, 0) is 36.8 Å². The molecular formula is C21H26N2O4. The fourth-order valence-corrected chi connectivity index (χ4v) is 2.60. The standard InChI is InChI=1S/C21H26N2O4/c1-2-3-4-5-6-7-14-27-20-12-13-21(24)17(15-20)16-22-18-8-10-19(11-9-18)23(25)26/h8-13,15-16,24H,2-7,14H2,1H3. The van der Waals surface area contributed by atoms with Gasteiger partial charge in [0.2, 0.25) is 0 Å². The SMILES string of the molecule is CCCCCCCCOc1ccc(O)c(C=Nc2ccc([N+](=O)[O-])cc2)c1. The Kier molecular flexibility index (Phi) is 8.29. The van der Waals surface area contributed by atoms with Gasteiger partial charge < -0.3 is 9.84 Å². The lowest BCUT2D eigenvalue weighted by molar-refractivity contribution is -0.384. The molecule has 144 valence electrons. The van der Waals surface area contributed by atoms with E-state index in [1.165, 1.54) is 44.0 Å². The highest BCUT2D eigenvalue weighted by Gasteiger charge is 2.04. The van der Waals surface area contributed by atoms with Crippen molar-refractivity contribution in [2.45, 2.75) is 45.4 Å². The summed E-state index contributed by atoms with van der Waals surface area (Å²) in [5.41, 5.74) is 1.12. The molecule has 0 spiro atoms. The summed E-state index contributed by atoms with van der Waals surface area (Å²) in [6, 6.07) is 11.0. The Balaban J connectivity index is 1.89. The second-order valence-corrected chi connectivity index (χ2v) is 6.37. The first kappa shape index (κ1) is 20.4. The van der Waals surface area contributed by atoms with Gasteiger partial charge in [-0.3, -0.25) is 15.1 Å². The number of aliphatic imine (C=N–C) groups is 1. The van der Waals surface area contributed by atoms with E-state index in [1.54, 1.807) is 30.3 Å². The summed E-state index contributed by atoms with van der Waals surface area (Å²) >= 11 is 0. The second-order valence-electron chi connectivity index (χ2n) is 6.37. The molecule has 1 N–H and O–H groups in total. The van der Waals surface area contributed by atoms with Crippen LogP contribution in [0.3, 0.4) is 0 Å². The maximum absolute atomic E-state index is 10.7. The molecule has 0 aliphatic carbocycles. The molecule has 0 heterocycles. The number of nitrogens with zero attached hydrogens (tertiary/aromatic N) is 2. The lowest BCUT2D eigenvalue weighted by Crippen LogP contribution is -1.98. The number of phenols is 1. The molecule has 0 unspecified atom stereocenters. The van der Waals surface area contributed by atoms with Gasteiger partial charge in [0.1, 0.15) is 11.5 Å². The number of aromatic hydroxyl groups is 1. The Labute approximate surface area is 159 Å². The van der Waals surface area contributed by atoms with Crippen LogP contribution in [0.1, 0.15) is 51.0 Å². The first-order chi connectivity index (χ1) is 13.1. The van der Waals surface area contributed by atoms with E-state index in [-0.39, 0.29) is 11.4 Å². The van der Waals surface area contributed by atoms with Gasteiger partial charge in [0.15, 0.2) is 0 Å². The van der Waals surface area contributed by atoms with Gasteiger partial charge in [0, 0.05) is 23.9 Å². The predicted molar refractivity (Wildman–Crippen MR) is 107 cm³/mol. The van der Waals surface area contributed by atoms with Gasteiger partial charge in [0.05, 0.1) is 17.2 Å². The Morgan fingerprint density at radius 3 is 2.48 bits per heavy atom. The number of ether oxygens (including phenoxy) is 1. The molecule has 0 fully saturated rings. The van der Waals surface area contributed by atoms with Crippen LogP contribution in [-0.4, -0.2) is 22.9 Å². The van der Waals surface area contributed by atoms with Crippen LogP contribution in [0.5, 0.6) is 11.5 Å². The van der Waals surface area contributed by atoms with Crippen molar-refractivity contribution in [3.8, 4) is 11.5 Å². The first-order valence-corrected chi connectivity index (χ1v) is 9.34.